The zero-order chi connectivity index (χ0) is 12.4. The van der Waals surface area contributed by atoms with Crippen LogP contribution < -0.4 is 5.73 Å². The highest BCUT2D eigenvalue weighted by atomic mass is 28.4. The normalized spacial score (nSPS) is 18.0. The lowest BCUT2D eigenvalue weighted by Crippen LogP contribution is -2.53. The molecule has 0 heterocycles. The summed E-state index contributed by atoms with van der Waals surface area (Å²) in [4.78, 5) is 0. The largest absolute Gasteiger partial charge is 0.414 e. The Morgan fingerprint density at radius 2 is 1.53 bits per heavy atom. The molecule has 0 rings (SSSR count). The van der Waals surface area contributed by atoms with Crippen LogP contribution in [0.5, 0.6) is 0 Å². The summed E-state index contributed by atoms with van der Waals surface area (Å²) in [7, 11) is -2.24. The highest BCUT2D eigenvalue weighted by Gasteiger charge is 2.47. The Bertz CT molecular complexity index is 201. The van der Waals surface area contributed by atoms with Crippen molar-refractivity contribution in [1.29, 1.82) is 0 Å². The quantitative estimate of drug-likeness (QED) is 0.771. The van der Waals surface area contributed by atoms with Crippen LogP contribution in [0.1, 0.15) is 13.8 Å². The first-order valence-corrected chi connectivity index (χ1v) is 8.36. The highest BCUT2D eigenvalue weighted by molar-refractivity contribution is 6.69. The van der Waals surface area contributed by atoms with Crippen LogP contribution in [0.2, 0.25) is 19.6 Å². The number of nitrogens with two attached hydrogens (primary N) is 1. The molecular formula is C9H20F3NOSi. The third kappa shape index (κ3) is 5.53. The van der Waals surface area contributed by atoms with Crippen LogP contribution in [0.4, 0.5) is 13.2 Å². The van der Waals surface area contributed by atoms with E-state index in [1.54, 1.807) is 33.5 Å². The summed E-state index contributed by atoms with van der Waals surface area (Å²) in [5.74, 6) is -0.257. The Morgan fingerprint density at radius 1 is 1.13 bits per heavy atom. The third-order valence-electron chi connectivity index (χ3n) is 1.92. The van der Waals surface area contributed by atoms with E-state index in [2.05, 4.69) is 0 Å². The van der Waals surface area contributed by atoms with Crippen molar-refractivity contribution in [3.8, 4) is 0 Å². The van der Waals surface area contributed by atoms with Gasteiger partial charge in [0.1, 0.15) is 0 Å². The van der Waals surface area contributed by atoms with Crippen LogP contribution in [0, 0.1) is 5.92 Å². The van der Waals surface area contributed by atoms with Gasteiger partial charge in [-0.15, -0.1) is 0 Å². The fourth-order valence-electron chi connectivity index (χ4n) is 1.09. The van der Waals surface area contributed by atoms with Gasteiger partial charge in [-0.3, -0.25) is 0 Å². The monoisotopic (exact) mass is 243 g/mol. The van der Waals surface area contributed by atoms with Crippen molar-refractivity contribution in [1.82, 2.24) is 0 Å². The van der Waals surface area contributed by atoms with Crippen LogP contribution in [0.25, 0.3) is 0 Å². The second-order valence-corrected chi connectivity index (χ2v) is 9.47. The number of alkyl halides is 3. The maximum absolute atomic E-state index is 12.7. The minimum atomic E-state index is -4.38. The molecule has 0 bridgehead atoms. The summed E-state index contributed by atoms with van der Waals surface area (Å²) in [6.07, 6.45) is -6.23. The van der Waals surface area contributed by atoms with Gasteiger partial charge in [0.05, 0.1) is 0 Å². The second kappa shape index (κ2) is 4.84. The molecular weight excluding hydrogens is 223 g/mol. The number of hydrogen-bond acceptors (Lipinski definition) is 2. The minimum absolute atomic E-state index is 0.257. The van der Waals surface area contributed by atoms with E-state index in [1.807, 2.05) is 0 Å². The van der Waals surface area contributed by atoms with Gasteiger partial charge < -0.3 is 10.2 Å². The van der Waals surface area contributed by atoms with Gasteiger partial charge in [0.2, 0.25) is 0 Å². The maximum atomic E-state index is 12.7. The molecule has 92 valence electrons. The first-order chi connectivity index (χ1) is 6.45. The Hall–Kier alpha value is -0.0731. The van der Waals surface area contributed by atoms with E-state index < -0.39 is 26.6 Å². The summed E-state index contributed by atoms with van der Waals surface area (Å²) in [5, 5.41) is 0. The molecule has 0 aliphatic carbocycles. The molecule has 0 aromatic carbocycles. The van der Waals surface area contributed by atoms with Crippen LogP contribution in [0.3, 0.4) is 0 Å². The molecule has 2 atom stereocenters. The Balaban J connectivity index is 4.76. The summed E-state index contributed by atoms with van der Waals surface area (Å²) in [6, 6.07) is -1.00. The molecule has 6 heteroatoms. The van der Waals surface area contributed by atoms with E-state index in [1.165, 1.54) is 0 Å². The Labute approximate surface area is 90.1 Å². The molecule has 0 amide bonds. The first kappa shape index (κ1) is 14.9. The van der Waals surface area contributed by atoms with E-state index in [0.29, 0.717) is 0 Å². The molecule has 0 fully saturated rings. The van der Waals surface area contributed by atoms with Crippen LogP contribution in [-0.4, -0.2) is 26.6 Å². The van der Waals surface area contributed by atoms with Gasteiger partial charge in [-0.2, -0.15) is 13.2 Å². The van der Waals surface area contributed by atoms with Gasteiger partial charge in [-0.05, 0) is 25.6 Å². The SMILES string of the molecule is CC(C)C(N)C(O[Si](C)(C)C)C(F)(F)F. The van der Waals surface area contributed by atoms with Gasteiger partial charge in [0, 0.05) is 6.04 Å². The predicted octanol–water partition coefficient (Wildman–Crippen LogP) is 2.75. The van der Waals surface area contributed by atoms with E-state index in [4.69, 9.17) is 10.2 Å². The molecule has 2 N–H and O–H groups in total. The molecule has 0 radical (unpaired) electrons. The van der Waals surface area contributed by atoms with Crippen LogP contribution >= 0.6 is 0 Å². The van der Waals surface area contributed by atoms with Crippen molar-refractivity contribution in [2.75, 3.05) is 0 Å². The molecule has 0 aliphatic rings. The Morgan fingerprint density at radius 3 is 1.73 bits per heavy atom. The van der Waals surface area contributed by atoms with Crippen LogP contribution in [-0.2, 0) is 4.43 Å². The van der Waals surface area contributed by atoms with Crippen molar-refractivity contribution in [2.24, 2.45) is 11.7 Å². The highest BCUT2D eigenvalue weighted by Crippen LogP contribution is 2.29. The number of hydrogen-bond donors (Lipinski definition) is 1. The van der Waals surface area contributed by atoms with E-state index >= 15 is 0 Å². The summed E-state index contributed by atoms with van der Waals surface area (Å²) in [5.41, 5.74) is 5.53. The van der Waals surface area contributed by atoms with Crippen LogP contribution in [0.15, 0.2) is 0 Å². The van der Waals surface area contributed by atoms with Crippen molar-refractivity contribution in [3.63, 3.8) is 0 Å². The summed E-state index contributed by atoms with van der Waals surface area (Å²) in [6.45, 7) is 8.49. The molecule has 15 heavy (non-hydrogen) atoms. The van der Waals surface area contributed by atoms with Gasteiger partial charge in [0.15, 0.2) is 14.4 Å². The van der Waals surface area contributed by atoms with Crippen molar-refractivity contribution in [2.45, 2.75) is 51.8 Å². The van der Waals surface area contributed by atoms with E-state index in [-0.39, 0.29) is 5.92 Å². The molecule has 0 aromatic rings. The van der Waals surface area contributed by atoms with Crippen molar-refractivity contribution < 1.29 is 17.6 Å². The van der Waals surface area contributed by atoms with Crippen molar-refractivity contribution in [3.05, 3.63) is 0 Å². The molecule has 0 aliphatic heterocycles. The maximum Gasteiger partial charge on any atom is 0.414 e. The van der Waals surface area contributed by atoms with E-state index in [9.17, 15) is 13.2 Å². The average molecular weight is 243 g/mol. The predicted molar refractivity (Wildman–Crippen MR) is 57.1 cm³/mol. The fourth-order valence-corrected chi connectivity index (χ4v) is 2.15. The molecule has 2 unspecified atom stereocenters. The number of rotatable bonds is 4. The van der Waals surface area contributed by atoms with Gasteiger partial charge in [-0.1, -0.05) is 13.8 Å². The van der Waals surface area contributed by atoms with Gasteiger partial charge in [-0.25, -0.2) is 0 Å². The molecule has 2 nitrogen and oxygen atoms in total. The van der Waals surface area contributed by atoms with E-state index in [0.717, 1.165) is 0 Å². The smallest absolute Gasteiger partial charge is 0.405 e. The third-order valence-corrected chi connectivity index (χ3v) is 2.88. The average Bonchev–Trinajstić information content (AvgIpc) is 1.94. The zero-order valence-corrected chi connectivity index (χ0v) is 10.9. The molecule has 0 aromatic heterocycles. The topological polar surface area (TPSA) is 35.2 Å². The lowest BCUT2D eigenvalue weighted by molar-refractivity contribution is -0.206. The summed E-state index contributed by atoms with van der Waals surface area (Å²) >= 11 is 0. The van der Waals surface area contributed by atoms with Crippen molar-refractivity contribution >= 4 is 8.32 Å². The number of halogens is 3. The fraction of sp³-hybridized carbons (Fsp3) is 1.00. The molecule has 0 saturated heterocycles. The Kier molecular flexibility index (Phi) is 4.82. The lowest BCUT2D eigenvalue weighted by Gasteiger charge is -2.33. The minimum Gasteiger partial charge on any atom is -0.405 e. The second-order valence-electron chi connectivity index (χ2n) is 5.01. The molecule has 0 saturated carbocycles. The standard InChI is InChI=1S/C9H20F3NOSi/c1-6(2)7(13)8(9(10,11)12)14-15(3,4)5/h6-8H,13H2,1-5H3. The molecule has 0 spiro atoms. The van der Waals surface area contributed by atoms with Gasteiger partial charge >= 0.3 is 6.18 Å². The summed E-state index contributed by atoms with van der Waals surface area (Å²) < 4.78 is 43.1. The van der Waals surface area contributed by atoms with Gasteiger partial charge in [0.25, 0.3) is 0 Å². The lowest BCUT2D eigenvalue weighted by atomic mass is 9.99. The first-order valence-electron chi connectivity index (χ1n) is 4.95. The zero-order valence-electron chi connectivity index (χ0n) is 9.85.